The molecule has 3 rings (SSSR count). The molecule has 0 fully saturated rings. The van der Waals surface area contributed by atoms with Crippen LogP contribution in [0.3, 0.4) is 0 Å². The highest BCUT2D eigenvalue weighted by molar-refractivity contribution is 6.18. The summed E-state index contributed by atoms with van der Waals surface area (Å²) in [6, 6.07) is 17.7. The lowest BCUT2D eigenvalue weighted by Crippen LogP contribution is -2.10. The highest BCUT2D eigenvalue weighted by atomic mass is 35.5. The molecule has 0 radical (unpaired) electrons. The van der Waals surface area contributed by atoms with Crippen molar-refractivity contribution in [1.29, 1.82) is 0 Å². The van der Waals surface area contributed by atoms with Gasteiger partial charge in [0, 0.05) is 5.88 Å². The van der Waals surface area contributed by atoms with Gasteiger partial charge in [-0.15, -0.1) is 11.6 Å². The molecular formula is C19H21Cl. The van der Waals surface area contributed by atoms with Gasteiger partial charge in [-0.2, -0.15) is 0 Å². The van der Waals surface area contributed by atoms with E-state index in [9.17, 15) is 0 Å². The largest absolute Gasteiger partial charge is 0.126 e. The summed E-state index contributed by atoms with van der Waals surface area (Å²) in [4.78, 5) is 0. The Morgan fingerprint density at radius 1 is 0.850 bits per heavy atom. The maximum absolute atomic E-state index is 6.18. The monoisotopic (exact) mass is 284 g/mol. The van der Waals surface area contributed by atoms with Gasteiger partial charge in [0.15, 0.2) is 0 Å². The highest BCUT2D eigenvalue weighted by Crippen LogP contribution is 2.25. The van der Waals surface area contributed by atoms with Gasteiger partial charge in [-0.1, -0.05) is 48.5 Å². The quantitative estimate of drug-likeness (QED) is 0.691. The van der Waals surface area contributed by atoms with E-state index in [0.717, 1.165) is 18.7 Å². The van der Waals surface area contributed by atoms with Crippen LogP contribution in [-0.2, 0) is 25.7 Å². The third-order valence-electron chi connectivity index (χ3n) is 4.27. The number of rotatable bonds is 5. The molecule has 0 amide bonds. The molecule has 0 saturated carbocycles. The fraction of sp³-hybridized carbons (Fsp3) is 0.368. The maximum Gasteiger partial charge on any atom is 0.0258 e. The smallest absolute Gasteiger partial charge is 0.0258 e. The van der Waals surface area contributed by atoms with E-state index >= 15 is 0 Å². The SMILES string of the molecule is ClCC(Cc1ccccc1)Cc1ccc2c(c1)CCC2. The Morgan fingerprint density at radius 3 is 2.40 bits per heavy atom. The molecule has 0 bridgehead atoms. The van der Waals surface area contributed by atoms with Gasteiger partial charge >= 0.3 is 0 Å². The number of hydrogen-bond acceptors (Lipinski definition) is 0. The third-order valence-corrected chi connectivity index (χ3v) is 4.71. The van der Waals surface area contributed by atoms with Crippen molar-refractivity contribution in [3.05, 3.63) is 70.8 Å². The highest BCUT2D eigenvalue weighted by Gasteiger charge is 2.14. The molecular weight excluding hydrogens is 264 g/mol. The van der Waals surface area contributed by atoms with Crippen LogP contribution in [-0.4, -0.2) is 5.88 Å². The normalized spacial score (nSPS) is 15.1. The van der Waals surface area contributed by atoms with Crippen LogP contribution in [0.5, 0.6) is 0 Å². The minimum Gasteiger partial charge on any atom is -0.126 e. The molecule has 0 spiro atoms. The Balaban J connectivity index is 1.68. The van der Waals surface area contributed by atoms with Gasteiger partial charge in [0.25, 0.3) is 0 Å². The Kier molecular flexibility index (Phi) is 4.42. The van der Waals surface area contributed by atoms with E-state index in [-0.39, 0.29) is 0 Å². The second-order valence-electron chi connectivity index (χ2n) is 5.87. The Bertz CT molecular complexity index is 559. The molecule has 1 heteroatoms. The average Bonchev–Trinajstić information content (AvgIpc) is 2.95. The second-order valence-corrected chi connectivity index (χ2v) is 6.18. The van der Waals surface area contributed by atoms with Crippen LogP contribution >= 0.6 is 11.6 Å². The van der Waals surface area contributed by atoms with Gasteiger partial charge < -0.3 is 0 Å². The van der Waals surface area contributed by atoms with E-state index in [2.05, 4.69) is 48.5 Å². The van der Waals surface area contributed by atoms with E-state index < -0.39 is 0 Å². The Hall–Kier alpha value is -1.27. The molecule has 1 atom stereocenters. The van der Waals surface area contributed by atoms with Crippen molar-refractivity contribution in [2.45, 2.75) is 32.1 Å². The first kappa shape index (κ1) is 13.7. The molecule has 0 N–H and O–H groups in total. The van der Waals surface area contributed by atoms with Gasteiger partial charge in [-0.3, -0.25) is 0 Å². The summed E-state index contributed by atoms with van der Waals surface area (Å²) in [5, 5.41) is 0. The van der Waals surface area contributed by atoms with Crippen LogP contribution in [0.25, 0.3) is 0 Å². The lowest BCUT2D eigenvalue weighted by molar-refractivity contribution is 0.583. The number of alkyl halides is 1. The predicted molar refractivity (Wildman–Crippen MR) is 86.5 cm³/mol. The van der Waals surface area contributed by atoms with Crippen molar-refractivity contribution in [1.82, 2.24) is 0 Å². The van der Waals surface area contributed by atoms with Crippen molar-refractivity contribution in [3.8, 4) is 0 Å². The molecule has 20 heavy (non-hydrogen) atoms. The van der Waals surface area contributed by atoms with Crippen LogP contribution < -0.4 is 0 Å². The standard InChI is InChI=1S/C19H21Cl/c20-14-17(11-15-5-2-1-3-6-15)12-16-9-10-18-7-4-8-19(18)13-16/h1-3,5-6,9-10,13,17H,4,7-8,11-12,14H2. The molecule has 104 valence electrons. The minimum absolute atomic E-state index is 0.526. The van der Waals surface area contributed by atoms with Crippen LogP contribution in [0.15, 0.2) is 48.5 Å². The maximum atomic E-state index is 6.18. The van der Waals surface area contributed by atoms with E-state index in [4.69, 9.17) is 11.6 Å². The summed E-state index contributed by atoms with van der Waals surface area (Å²) in [7, 11) is 0. The third kappa shape index (κ3) is 3.24. The van der Waals surface area contributed by atoms with Gasteiger partial charge in [0.1, 0.15) is 0 Å². The van der Waals surface area contributed by atoms with Crippen LogP contribution in [0.2, 0.25) is 0 Å². The summed E-state index contributed by atoms with van der Waals surface area (Å²) in [5.41, 5.74) is 5.96. The zero-order valence-electron chi connectivity index (χ0n) is 11.8. The van der Waals surface area contributed by atoms with Gasteiger partial charge in [-0.05, 0) is 60.3 Å². The van der Waals surface area contributed by atoms with Crippen LogP contribution in [0, 0.1) is 5.92 Å². The summed E-state index contributed by atoms with van der Waals surface area (Å²) < 4.78 is 0. The van der Waals surface area contributed by atoms with Gasteiger partial charge in [0.2, 0.25) is 0 Å². The summed E-state index contributed by atoms with van der Waals surface area (Å²) in [6.45, 7) is 0. The predicted octanol–water partition coefficient (Wildman–Crippen LogP) is 4.82. The van der Waals surface area contributed by atoms with Gasteiger partial charge in [0.05, 0.1) is 0 Å². The molecule has 1 aliphatic carbocycles. The van der Waals surface area contributed by atoms with Crippen molar-refractivity contribution < 1.29 is 0 Å². The van der Waals surface area contributed by atoms with E-state index in [1.54, 1.807) is 11.1 Å². The zero-order valence-corrected chi connectivity index (χ0v) is 12.6. The first-order valence-corrected chi connectivity index (χ1v) is 8.09. The van der Waals surface area contributed by atoms with Crippen molar-refractivity contribution in [3.63, 3.8) is 0 Å². The number of hydrogen-bond donors (Lipinski definition) is 0. The molecule has 0 nitrogen and oxygen atoms in total. The van der Waals surface area contributed by atoms with Crippen LogP contribution in [0.4, 0.5) is 0 Å². The fourth-order valence-electron chi connectivity index (χ4n) is 3.21. The minimum atomic E-state index is 0.526. The fourth-order valence-corrected chi connectivity index (χ4v) is 3.43. The van der Waals surface area contributed by atoms with Gasteiger partial charge in [-0.25, -0.2) is 0 Å². The van der Waals surface area contributed by atoms with Crippen molar-refractivity contribution >= 4 is 11.6 Å². The second kappa shape index (κ2) is 6.45. The topological polar surface area (TPSA) is 0 Å². The molecule has 2 aromatic carbocycles. The lowest BCUT2D eigenvalue weighted by Gasteiger charge is -2.15. The van der Waals surface area contributed by atoms with E-state index in [1.807, 2.05) is 0 Å². The van der Waals surface area contributed by atoms with E-state index in [1.165, 1.54) is 30.4 Å². The average molecular weight is 285 g/mol. The molecule has 0 aromatic heterocycles. The summed E-state index contributed by atoms with van der Waals surface area (Å²) in [6.07, 6.45) is 6.00. The Labute approximate surface area is 126 Å². The summed E-state index contributed by atoms with van der Waals surface area (Å²) >= 11 is 6.18. The molecule has 0 aliphatic heterocycles. The zero-order chi connectivity index (χ0) is 13.8. The molecule has 2 aromatic rings. The first-order chi connectivity index (χ1) is 9.85. The molecule has 1 aliphatic rings. The lowest BCUT2D eigenvalue weighted by atomic mass is 9.93. The molecule has 0 saturated heterocycles. The first-order valence-electron chi connectivity index (χ1n) is 7.55. The number of fused-ring (bicyclic) bond motifs is 1. The Morgan fingerprint density at radius 2 is 1.60 bits per heavy atom. The molecule has 0 heterocycles. The number of benzene rings is 2. The number of aryl methyl sites for hydroxylation is 2. The summed E-state index contributed by atoms with van der Waals surface area (Å²) in [5.74, 6) is 1.25. The van der Waals surface area contributed by atoms with Crippen molar-refractivity contribution in [2.24, 2.45) is 5.92 Å². The van der Waals surface area contributed by atoms with Crippen LogP contribution in [0.1, 0.15) is 28.7 Å². The number of halogens is 1. The molecule has 1 unspecified atom stereocenters. The van der Waals surface area contributed by atoms with Crippen molar-refractivity contribution in [2.75, 3.05) is 5.88 Å². The van der Waals surface area contributed by atoms with E-state index in [0.29, 0.717) is 5.92 Å².